The van der Waals surface area contributed by atoms with Crippen LogP contribution in [-0.2, 0) is 4.74 Å². The fraction of sp³-hybridized carbons (Fsp3) is 0.286. The van der Waals surface area contributed by atoms with Gasteiger partial charge in [-0.1, -0.05) is 6.07 Å². The second kappa shape index (κ2) is 6.51. The van der Waals surface area contributed by atoms with Crippen LogP contribution in [0.3, 0.4) is 0 Å². The number of morpholine rings is 1. The van der Waals surface area contributed by atoms with Gasteiger partial charge in [-0.3, -0.25) is 10.1 Å². The van der Waals surface area contributed by atoms with E-state index in [1.165, 1.54) is 12.1 Å². The lowest BCUT2D eigenvalue weighted by atomic mass is 10.1. The van der Waals surface area contributed by atoms with Gasteiger partial charge in [0.25, 0.3) is 5.69 Å². The van der Waals surface area contributed by atoms with Crippen molar-refractivity contribution in [2.24, 2.45) is 0 Å². The van der Waals surface area contributed by atoms with Gasteiger partial charge in [0, 0.05) is 19.2 Å². The molecule has 7 heteroatoms. The molecule has 0 aliphatic carbocycles. The van der Waals surface area contributed by atoms with Crippen LogP contribution < -0.4 is 4.90 Å². The summed E-state index contributed by atoms with van der Waals surface area (Å²) < 4.78 is 5.23. The summed E-state index contributed by atoms with van der Waals surface area (Å²) >= 11 is 0. The Balaban J connectivity index is 2.40. The smallest absolute Gasteiger partial charge is 0.293 e. The molecular formula is C14H12N4O3. The predicted octanol–water partition coefficient (Wildman–Crippen LogP) is 1.86. The molecule has 7 nitrogen and oxygen atoms in total. The number of hydrogen-bond donors (Lipinski definition) is 0. The van der Waals surface area contributed by atoms with Crippen molar-refractivity contribution in [3.05, 3.63) is 39.4 Å². The maximum atomic E-state index is 11.2. The first-order chi connectivity index (χ1) is 10.2. The molecule has 0 N–H and O–H groups in total. The third kappa shape index (κ3) is 3.35. The van der Waals surface area contributed by atoms with Crippen molar-refractivity contribution in [2.45, 2.75) is 0 Å². The molecule has 1 saturated heterocycles. The molecule has 1 fully saturated rings. The number of nitriles is 2. The number of nitro benzene ring substituents is 1. The number of hydrogen-bond acceptors (Lipinski definition) is 6. The molecule has 0 saturated carbocycles. The minimum absolute atomic E-state index is 0.0409. The third-order valence-electron chi connectivity index (χ3n) is 3.10. The number of ether oxygens (including phenoxy) is 1. The molecule has 1 aliphatic rings. The van der Waals surface area contributed by atoms with Crippen molar-refractivity contribution in [3.8, 4) is 12.1 Å². The highest BCUT2D eigenvalue weighted by molar-refractivity contribution is 5.71. The van der Waals surface area contributed by atoms with Gasteiger partial charge in [-0.15, -0.1) is 0 Å². The van der Waals surface area contributed by atoms with Crippen LogP contribution in [0.5, 0.6) is 0 Å². The number of benzene rings is 1. The maximum absolute atomic E-state index is 11.2. The van der Waals surface area contributed by atoms with E-state index in [9.17, 15) is 10.1 Å². The maximum Gasteiger partial charge on any atom is 0.293 e. The zero-order valence-electron chi connectivity index (χ0n) is 11.2. The Labute approximate surface area is 121 Å². The topological polar surface area (TPSA) is 103 Å². The van der Waals surface area contributed by atoms with E-state index in [2.05, 4.69) is 0 Å². The molecule has 1 aromatic carbocycles. The Hall–Kier alpha value is -2.90. The molecule has 0 aromatic heterocycles. The molecule has 0 spiro atoms. The SMILES string of the molecule is N#CC(C#N)=Cc1ccc(N2CCOCC2)c([N+](=O)[O-])c1. The zero-order chi connectivity index (χ0) is 15.2. The largest absolute Gasteiger partial charge is 0.378 e. The summed E-state index contributed by atoms with van der Waals surface area (Å²) in [5.41, 5.74) is 0.844. The Morgan fingerprint density at radius 2 is 2.00 bits per heavy atom. The van der Waals surface area contributed by atoms with Gasteiger partial charge in [0.2, 0.25) is 0 Å². The van der Waals surface area contributed by atoms with Crippen LogP contribution in [-0.4, -0.2) is 31.2 Å². The summed E-state index contributed by atoms with van der Waals surface area (Å²) in [5, 5.41) is 28.7. The Morgan fingerprint density at radius 3 is 2.57 bits per heavy atom. The number of nitro groups is 1. The summed E-state index contributed by atoms with van der Waals surface area (Å²) in [4.78, 5) is 12.7. The molecule has 1 heterocycles. The molecule has 0 atom stereocenters. The van der Waals surface area contributed by atoms with E-state index in [1.807, 2.05) is 4.90 Å². The van der Waals surface area contributed by atoms with Crippen molar-refractivity contribution >= 4 is 17.5 Å². The lowest BCUT2D eigenvalue weighted by Gasteiger charge is -2.28. The fourth-order valence-corrected chi connectivity index (χ4v) is 2.10. The average Bonchev–Trinajstić information content (AvgIpc) is 2.53. The van der Waals surface area contributed by atoms with E-state index in [0.29, 0.717) is 37.6 Å². The van der Waals surface area contributed by atoms with Gasteiger partial charge >= 0.3 is 0 Å². The van der Waals surface area contributed by atoms with Gasteiger partial charge in [-0.05, 0) is 17.7 Å². The van der Waals surface area contributed by atoms with E-state index in [-0.39, 0.29) is 11.3 Å². The highest BCUT2D eigenvalue weighted by Crippen LogP contribution is 2.30. The first-order valence-electron chi connectivity index (χ1n) is 6.28. The Morgan fingerprint density at radius 1 is 1.33 bits per heavy atom. The second-order valence-corrected chi connectivity index (χ2v) is 4.39. The van der Waals surface area contributed by atoms with Gasteiger partial charge in [-0.25, -0.2) is 0 Å². The molecule has 0 unspecified atom stereocenters. The normalized spacial score (nSPS) is 13.9. The third-order valence-corrected chi connectivity index (χ3v) is 3.10. The summed E-state index contributed by atoms with van der Waals surface area (Å²) in [6.45, 7) is 2.26. The summed E-state index contributed by atoms with van der Waals surface area (Å²) in [5.74, 6) is 0. The van der Waals surface area contributed by atoms with Crippen LogP contribution in [0.1, 0.15) is 5.56 Å². The predicted molar refractivity (Wildman–Crippen MR) is 75.3 cm³/mol. The number of nitrogens with zero attached hydrogens (tertiary/aromatic N) is 4. The van der Waals surface area contributed by atoms with Crippen LogP contribution in [0.4, 0.5) is 11.4 Å². The fourth-order valence-electron chi connectivity index (χ4n) is 2.10. The van der Waals surface area contributed by atoms with E-state index in [4.69, 9.17) is 15.3 Å². The van der Waals surface area contributed by atoms with Gasteiger partial charge < -0.3 is 9.64 Å². The lowest BCUT2D eigenvalue weighted by molar-refractivity contribution is -0.384. The van der Waals surface area contributed by atoms with Crippen molar-refractivity contribution in [1.82, 2.24) is 0 Å². The standard InChI is InChI=1S/C14H12N4O3/c15-9-12(10-16)7-11-1-2-13(14(8-11)18(19)20)17-3-5-21-6-4-17/h1-2,7-8H,3-6H2. The van der Waals surface area contributed by atoms with E-state index in [1.54, 1.807) is 24.3 Å². The van der Waals surface area contributed by atoms with E-state index >= 15 is 0 Å². The van der Waals surface area contributed by atoms with E-state index in [0.717, 1.165) is 0 Å². The van der Waals surface area contributed by atoms with Crippen molar-refractivity contribution < 1.29 is 9.66 Å². The summed E-state index contributed by atoms with van der Waals surface area (Å²) in [6, 6.07) is 8.13. The van der Waals surface area contributed by atoms with Gasteiger partial charge in [-0.2, -0.15) is 10.5 Å². The van der Waals surface area contributed by atoms with Gasteiger partial charge in [0.05, 0.1) is 18.1 Å². The van der Waals surface area contributed by atoms with Crippen LogP contribution in [0.25, 0.3) is 6.08 Å². The van der Waals surface area contributed by atoms with Crippen molar-refractivity contribution in [3.63, 3.8) is 0 Å². The molecule has 1 aromatic rings. The Bertz CT molecular complexity index is 648. The molecular weight excluding hydrogens is 272 g/mol. The number of allylic oxidation sites excluding steroid dienone is 1. The molecule has 2 rings (SSSR count). The quantitative estimate of drug-likeness (QED) is 0.476. The summed E-state index contributed by atoms with van der Waals surface area (Å²) in [6.07, 6.45) is 1.33. The van der Waals surface area contributed by atoms with E-state index < -0.39 is 4.92 Å². The first-order valence-corrected chi connectivity index (χ1v) is 6.28. The van der Waals surface area contributed by atoms with Crippen molar-refractivity contribution in [1.29, 1.82) is 10.5 Å². The zero-order valence-corrected chi connectivity index (χ0v) is 11.2. The second-order valence-electron chi connectivity index (χ2n) is 4.39. The van der Waals surface area contributed by atoms with Crippen LogP contribution in [0.2, 0.25) is 0 Å². The summed E-state index contributed by atoms with van der Waals surface area (Å²) in [7, 11) is 0. The number of anilines is 1. The molecule has 21 heavy (non-hydrogen) atoms. The van der Waals surface area contributed by atoms with Gasteiger partial charge in [0.15, 0.2) is 0 Å². The molecule has 0 amide bonds. The monoisotopic (exact) mass is 284 g/mol. The highest BCUT2D eigenvalue weighted by atomic mass is 16.6. The van der Waals surface area contributed by atoms with Crippen molar-refractivity contribution in [2.75, 3.05) is 31.2 Å². The van der Waals surface area contributed by atoms with Crippen LogP contribution in [0.15, 0.2) is 23.8 Å². The minimum Gasteiger partial charge on any atom is -0.378 e. The van der Waals surface area contributed by atoms with Crippen LogP contribution in [0, 0.1) is 32.8 Å². The Kier molecular flexibility index (Phi) is 4.50. The molecule has 106 valence electrons. The molecule has 0 bridgehead atoms. The highest BCUT2D eigenvalue weighted by Gasteiger charge is 2.21. The number of rotatable bonds is 3. The average molecular weight is 284 g/mol. The molecule has 1 aliphatic heterocycles. The van der Waals surface area contributed by atoms with Crippen LogP contribution >= 0.6 is 0 Å². The van der Waals surface area contributed by atoms with Gasteiger partial charge in [0.1, 0.15) is 23.4 Å². The minimum atomic E-state index is -0.458. The lowest BCUT2D eigenvalue weighted by Crippen LogP contribution is -2.36. The first kappa shape index (κ1) is 14.5. The molecule has 0 radical (unpaired) electrons.